The van der Waals surface area contributed by atoms with Gasteiger partial charge in [-0.2, -0.15) is 0 Å². The third-order valence-corrected chi connectivity index (χ3v) is 4.30. The topological polar surface area (TPSA) is 38.1 Å². The predicted molar refractivity (Wildman–Crippen MR) is 66.3 cm³/mol. The highest BCUT2D eigenvalue weighted by atomic mass is 35.5. The maximum Gasteiger partial charge on any atom is 0.200 e. The normalized spacial score (nSPS) is 31.5. The van der Waals surface area contributed by atoms with Gasteiger partial charge in [0.2, 0.25) is 0 Å². The van der Waals surface area contributed by atoms with Crippen molar-refractivity contribution in [1.82, 2.24) is 10.3 Å². The number of hydrogen-bond donors (Lipinski definition) is 1. The molecule has 3 unspecified atom stereocenters. The molecule has 0 saturated carbocycles. The first-order valence-electron chi connectivity index (χ1n) is 6.12. The smallest absolute Gasteiger partial charge is 0.200 e. The summed E-state index contributed by atoms with van der Waals surface area (Å²) < 4.78 is 5.85. The van der Waals surface area contributed by atoms with E-state index in [4.69, 9.17) is 16.0 Å². The van der Waals surface area contributed by atoms with E-state index < -0.39 is 0 Å². The SMILES string of the molecule is Clc1cccc2nc(C3CC4CCC3N4)oc12. The Morgan fingerprint density at radius 3 is 3.00 bits per heavy atom. The number of halogens is 1. The Kier molecular flexibility index (Phi) is 2.02. The van der Waals surface area contributed by atoms with Gasteiger partial charge >= 0.3 is 0 Å². The van der Waals surface area contributed by atoms with E-state index in [1.54, 1.807) is 0 Å². The predicted octanol–water partition coefficient (Wildman–Crippen LogP) is 3.09. The Hall–Kier alpha value is -1.06. The number of fused-ring (bicyclic) bond motifs is 3. The summed E-state index contributed by atoms with van der Waals surface area (Å²) in [6, 6.07) is 6.92. The van der Waals surface area contributed by atoms with E-state index in [0.29, 0.717) is 23.0 Å². The molecule has 2 saturated heterocycles. The van der Waals surface area contributed by atoms with Gasteiger partial charge in [-0.3, -0.25) is 0 Å². The van der Waals surface area contributed by atoms with Crippen LogP contribution in [0.5, 0.6) is 0 Å². The zero-order chi connectivity index (χ0) is 11.4. The molecule has 0 amide bonds. The fourth-order valence-electron chi connectivity index (χ4n) is 3.19. The van der Waals surface area contributed by atoms with Crippen molar-refractivity contribution in [2.75, 3.05) is 0 Å². The Balaban J connectivity index is 1.79. The summed E-state index contributed by atoms with van der Waals surface area (Å²) in [7, 11) is 0. The first-order valence-corrected chi connectivity index (χ1v) is 6.50. The summed E-state index contributed by atoms with van der Waals surface area (Å²) in [6.45, 7) is 0. The van der Waals surface area contributed by atoms with Crippen molar-refractivity contribution in [2.45, 2.75) is 37.3 Å². The maximum atomic E-state index is 6.11. The molecule has 4 rings (SSSR count). The number of nitrogens with zero attached hydrogens (tertiary/aromatic N) is 1. The summed E-state index contributed by atoms with van der Waals surface area (Å²) in [4.78, 5) is 4.58. The van der Waals surface area contributed by atoms with Gasteiger partial charge in [-0.05, 0) is 31.4 Å². The third-order valence-electron chi connectivity index (χ3n) is 4.00. The highest BCUT2D eigenvalue weighted by molar-refractivity contribution is 6.34. The van der Waals surface area contributed by atoms with Crippen LogP contribution in [-0.4, -0.2) is 17.1 Å². The molecule has 2 aliphatic rings. The maximum absolute atomic E-state index is 6.11. The Morgan fingerprint density at radius 2 is 2.29 bits per heavy atom. The number of aromatic nitrogens is 1. The lowest BCUT2D eigenvalue weighted by atomic mass is 9.89. The van der Waals surface area contributed by atoms with Crippen molar-refractivity contribution in [3.63, 3.8) is 0 Å². The van der Waals surface area contributed by atoms with Crippen LogP contribution in [0.25, 0.3) is 11.1 Å². The van der Waals surface area contributed by atoms with Crippen LogP contribution in [0.2, 0.25) is 5.02 Å². The van der Waals surface area contributed by atoms with Crippen molar-refractivity contribution in [2.24, 2.45) is 0 Å². The van der Waals surface area contributed by atoms with Crippen molar-refractivity contribution >= 4 is 22.7 Å². The van der Waals surface area contributed by atoms with Crippen molar-refractivity contribution in [3.8, 4) is 0 Å². The molecule has 1 aromatic heterocycles. The van der Waals surface area contributed by atoms with Gasteiger partial charge in [0.25, 0.3) is 0 Å². The molecule has 1 aromatic carbocycles. The molecule has 2 aliphatic heterocycles. The number of nitrogens with one attached hydrogen (secondary N) is 1. The molecule has 1 N–H and O–H groups in total. The van der Waals surface area contributed by atoms with E-state index in [1.165, 1.54) is 12.8 Å². The standard InChI is InChI=1S/C13H13ClN2O/c14-9-2-1-3-11-12(9)17-13(16-11)8-6-7-4-5-10(8)15-7/h1-3,7-8,10,15H,4-6H2. The number of hydrogen-bond acceptors (Lipinski definition) is 3. The minimum absolute atomic E-state index is 0.428. The molecule has 4 heteroatoms. The lowest BCUT2D eigenvalue weighted by Gasteiger charge is -2.15. The van der Waals surface area contributed by atoms with E-state index >= 15 is 0 Å². The summed E-state index contributed by atoms with van der Waals surface area (Å²) >= 11 is 6.11. The molecule has 3 atom stereocenters. The average molecular weight is 249 g/mol. The van der Waals surface area contributed by atoms with Gasteiger partial charge in [0, 0.05) is 12.1 Å². The molecule has 0 radical (unpaired) electrons. The third kappa shape index (κ3) is 1.42. The van der Waals surface area contributed by atoms with Gasteiger partial charge in [-0.15, -0.1) is 0 Å². The largest absolute Gasteiger partial charge is 0.439 e. The van der Waals surface area contributed by atoms with E-state index in [9.17, 15) is 0 Å². The highest BCUT2D eigenvalue weighted by Gasteiger charge is 2.42. The summed E-state index contributed by atoms with van der Waals surface area (Å²) in [5.41, 5.74) is 1.60. The van der Waals surface area contributed by atoms with Crippen LogP contribution in [0.3, 0.4) is 0 Å². The Bertz CT molecular complexity index is 580. The second-order valence-corrected chi connectivity index (χ2v) is 5.44. The highest BCUT2D eigenvalue weighted by Crippen LogP contribution is 2.40. The summed E-state index contributed by atoms with van der Waals surface area (Å²) in [5.74, 6) is 1.28. The fraction of sp³-hybridized carbons (Fsp3) is 0.462. The van der Waals surface area contributed by atoms with E-state index in [-0.39, 0.29) is 0 Å². The van der Waals surface area contributed by atoms with Crippen LogP contribution in [-0.2, 0) is 0 Å². The number of oxazole rings is 1. The molecule has 0 aliphatic carbocycles. The van der Waals surface area contributed by atoms with Crippen LogP contribution < -0.4 is 5.32 Å². The first kappa shape index (κ1) is 9.92. The van der Waals surface area contributed by atoms with Gasteiger partial charge in [0.15, 0.2) is 11.5 Å². The first-order chi connectivity index (χ1) is 8.31. The lowest BCUT2D eigenvalue weighted by molar-refractivity contribution is 0.408. The molecular weight excluding hydrogens is 236 g/mol. The second-order valence-electron chi connectivity index (χ2n) is 5.03. The van der Waals surface area contributed by atoms with Crippen LogP contribution in [0.1, 0.15) is 31.1 Å². The molecule has 3 heterocycles. The van der Waals surface area contributed by atoms with E-state index in [1.807, 2.05) is 18.2 Å². The molecule has 2 aromatic rings. The lowest BCUT2D eigenvalue weighted by Crippen LogP contribution is -2.21. The van der Waals surface area contributed by atoms with Crippen molar-refractivity contribution in [1.29, 1.82) is 0 Å². The fourth-order valence-corrected chi connectivity index (χ4v) is 3.40. The molecule has 17 heavy (non-hydrogen) atoms. The van der Waals surface area contributed by atoms with Crippen molar-refractivity contribution in [3.05, 3.63) is 29.1 Å². The number of rotatable bonds is 1. The van der Waals surface area contributed by atoms with E-state index in [2.05, 4.69) is 10.3 Å². The van der Waals surface area contributed by atoms with Crippen LogP contribution in [0, 0.1) is 0 Å². The minimum Gasteiger partial charge on any atom is -0.439 e. The van der Waals surface area contributed by atoms with Gasteiger partial charge < -0.3 is 9.73 Å². The molecule has 88 valence electrons. The molecule has 3 nitrogen and oxygen atoms in total. The van der Waals surface area contributed by atoms with Crippen LogP contribution in [0.15, 0.2) is 22.6 Å². The molecule has 2 bridgehead atoms. The van der Waals surface area contributed by atoms with Crippen LogP contribution in [0.4, 0.5) is 0 Å². The monoisotopic (exact) mass is 248 g/mol. The summed E-state index contributed by atoms with van der Waals surface area (Å²) in [6.07, 6.45) is 3.68. The average Bonchev–Trinajstić information content (AvgIpc) is 3.03. The minimum atomic E-state index is 0.428. The molecular formula is C13H13ClN2O. The van der Waals surface area contributed by atoms with Gasteiger partial charge in [-0.1, -0.05) is 17.7 Å². The molecule has 2 fully saturated rings. The second kappa shape index (κ2) is 3.47. The zero-order valence-electron chi connectivity index (χ0n) is 9.32. The van der Waals surface area contributed by atoms with Crippen LogP contribution >= 0.6 is 11.6 Å². The van der Waals surface area contributed by atoms with Gasteiger partial charge in [-0.25, -0.2) is 4.98 Å². The van der Waals surface area contributed by atoms with Gasteiger partial charge in [0.1, 0.15) is 5.52 Å². The molecule has 0 spiro atoms. The number of para-hydroxylation sites is 1. The van der Waals surface area contributed by atoms with E-state index in [0.717, 1.165) is 23.4 Å². The Morgan fingerprint density at radius 1 is 1.35 bits per heavy atom. The quantitative estimate of drug-likeness (QED) is 0.843. The zero-order valence-corrected chi connectivity index (χ0v) is 10.1. The Labute approximate surface area is 104 Å². The summed E-state index contributed by atoms with van der Waals surface area (Å²) in [5, 5.41) is 4.25. The van der Waals surface area contributed by atoms with Crippen molar-refractivity contribution < 1.29 is 4.42 Å². The number of benzene rings is 1. The van der Waals surface area contributed by atoms with Gasteiger partial charge in [0.05, 0.1) is 10.9 Å².